The summed E-state index contributed by atoms with van der Waals surface area (Å²) in [5.41, 5.74) is 1.37. The highest BCUT2D eigenvalue weighted by Crippen LogP contribution is 2.13. The van der Waals surface area contributed by atoms with E-state index in [4.69, 9.17) is 9.26 Å². The van der Waals surface area contributed by atoms with Gasteiger partial charge in [-0.3, -0.25) is 9.69 Å². The van der Waals surface area contributed by atoms with E-state index in [1.807, 2.05) is 37.3 Å². The number of morpholine rings is 1. The van der Waals surface area contributed by atoms with Gasteiger partial charge in [-0.15, -0.1) is 0 Å². The lowest BCUT2D eigenvalue weighted by Gasteiger charge is -2.25. The van der Waals surface area contributed by atoms with Crippen LogP contribution in [0.5, 0.6) is 0 Å². The predicted octanol–water partition coefficient (Wildman–Crippen LogP) is 2.00. The van der Waals surface area contributed by atoms with Gasteiger partial charge < -0.3 is 14.6 Å². The van der Waals surface area contributed by atoms with Crippen molar-refractivity contribution in [3.8, 4) is 0 Å². The molecule has 0 saturated carbocycles. The van der Waals surface area contributed by atoms with Crippen LogP contribution in [0.15, 0.2) is 40.9 Å². The van der Waals surface area contributed by atoms with Gasteiger partial charge in [-0.1, -0.05) is 35.5 Å². The second kappa shape index (κ2) is 7.39. The zero-order chi connectivity index (χ0) is 16.1. The molecule has 1 aliphatic heterocycles. The van der Waals surface area contributed by atoms with E-state index in [9.17, 15) is 4.79 Å². The first-order valence-electron chi connectivity index (χ1n) is 7.84. The Bertz CT molecular complexity index is 636. The van der Waals surface area contributed by atoms with E-state index in [1.165, 1.54) is 0 Å². The Hall–Kier alpha value is -2.18. The molecule has 122 valence electrons. The molecule has 1 aliphatic rings. The highest BCUT2D eigenvalue weighted by molar-refractivity contribution is 5.92. The van der Waals surface area contributed by atoms with Gasteiger partial charge in [0.1, 0.15) is 0 Å². The number of amides is 1. The smallest absolute Gasteiger partial charge is 0.273 e. The lowest BCUT2D eigenvalue weighted by atomic mass is 10.1. The van der Waals surface area contributed by atoms with Crippen LogP contribution in [0.25, 0.3) is 0 Å². The maximum atomic E-state index is 12.3. The number of nitrogens with zero attached hydrogens (tertiary/aromatic N) is 2. The molecule has 0 bridgehead atoms. The van der Waals surface area contributed by atoms with Crippen LogP contribution < -0.4 is 5.32 Å². The summed E-state index contributed by atoms with van der Waals surface area (Å²) in [4.78, 5) is 14.5. The van der Waals surface area contributed by atoms with Crippen molar-refractivity contribution in [2.24, 2.45) is 0 Å². The van der Waals surface area contributed by atoms with Crippen LogP contribution in [0.1, 0.15) is 34.8 Å². The Morgan fingerprint density at radius 1 is 1.30 bits per heavy atom. The second-order valence-corrected chi connectivity index (χ2v) is 5.67. The maximum Gasteiger partial charge on any atom is 0.273 e. The fourth-order valence-corrected chi connectivity index (χ4v) is 2.57. The van der Waals surface area contributed by atoms with Crippen LogP contribution in [0.3, 0.4) is 0 Å². The van der Waals surface area contributed by atoms with Gasteiger partial charge in [-0.2, -0.15) is 0 Å². The van der Waals surface area contributed by atoms with E-state index in [0.29, 0.717) is 18.0 Å². The topological polar surface area (TPSA) is 67.6 Å². The van der Waals surface area contributed by atoms with Gasteiger partial charge >= 0.3 is 0 Å². The van der Waals surface area contributed by atoms with Crippen molar-refractivity contribution < 1.29 is 14.1 Å². The van der Waals surface area contributed by atoms with Crippen LogP contribution in [-0.2, 0) is 11.3 Å². The fraction of sp³-hybridized carbons (Fsp3) is 0.412. The summed E-state index contributed by atoms with van der Waals surface area (Å²) in [6.07, 6.45) is 0. The zero-order valence-electron chi connectivity index (χ0n) is 13.2. The molecule has 6 nitrogen and oxygen atoms in total. The van der Waals surface area contributed by atoms with Gasteiger partial charge in [0.25, 0.3) is 5.91 Å². The van der Waals surface area contributed by atoms with Gasteiger partial charge in [-0.25, -0.2) is 0 Å². The molecule has 1 aromatic heterocycles. The van der Waals surface area contributed by atoms with Crippen LogP contribution in [-0.4, -0.2) is 42.3 Å². The molecule has 1 aromatic carbocycles. The Morgan fingerprint density at radius 3 is 2.78 bits per heavy atom. The van der Waals surface area contributed by atoms with E-state index in [2.05, 4.69) is 15.4 Å². The third-order valence-corrected chi connectivity index (χ3v) is 3.92. The average Bonchev–Trinajstić information content (AvgIpc) is 3.05. The number of hydrogen-bond donors (Lipinski definition) is 1. The molecule has 1 atom stereocenters. The highest BCUT2D eigenvalue weighted by Gasteiger charge is 2.18. The summed E-state index contributed by atoms with van der Waals surface area (Å²) in [5, 5.41) is 6.82. The van der Waals surface area contributed by atoms with Crippen LogP contribution in [0.2, 0.25) is 0 Å². The van der Waals surface area contributed by atoms with Gasteiger partial charge in [0, 0.05) is 19.2 Å². The van der Waals surface area contributed by atoms with Crippen LogP contribution in [0, 0.1) is 0 Å². The summed E-state index contributed by atoms with van der Waals surface area (Å²) in [6.45, 7) is 5.80. The number of nitrogens with one attached hydrogen (secondary N) is 1. The van der Waals surface area contributed by atoms with E-state index in [-0.39, 0.29) is 11.9 Å². The van der Waals surface area contributed by atoms with Gasteiger partial charge in [-0.05, 0) is 12.5 Å². The van der Waals surface area contributed by atoms with E-state index >= 15 is 0 Å². The van der Waals surface area contributed by atoms with Crippen molar-refractivity contribution in [2.75, 3.05) is 26.3 Å². The van der Waals surface area contributed by atoms with E-state index in [1.54, 1.807) is 6.07 Å². The first kappa shape index (κ1) is 15.7. The predicted molar refractivity (Wildman–Crippen MR) is 84.9 cm³/mol. The SMILES string of the molecule is C[C@H](NC(=O)c1cc(CN2CCOCC2)on1)c1ccccc1. The summed E-state index contributed by atoms with van der Waals surface area (Å²) in [5.74, 6) is 0.475. The molecule has 6 heteroatoms. The van der Waals surface area contributed by atoms with Crippen molar-refractivity contribution >= 4 is 5.91 Å². The summed E-state index contributed by atoms with van der Waals surface area (Å²) in [7, 11) is 0. The zero-order valence-corrected chi connectivity index (χ0v) is 13.2. The molecule has 2 heterocycles. The standard InChI is InChI=1S/C17H21N3O3/c1-13(14-5-3-2-4-6-14)18-17(21)16-11-15(23-19-16)12-20-7-9-22-10-8-20/h2-6,11,13H,7-10,12H2,1H3,(H,18,21)/t13-/m0/s1. The van der Waals surface area contributed by atoms with Crippen LogP contribution in [0.4, 0.5) is 0 Å². The van der Waals surface area contributed by atoms with Crippen molar-refractivity contribution in [1.82, 2.24) is 15.4 Å². The molecule has 0 radical (unpaired) electrons. The molecule has 1 saturated heterocycles. The monoisotopic (exact) mass is 315 g/mol. The van der Waals surface area contributed by atoms with Gasteiger partial charge in [0.15, 0.2) is 11.5 Å². The molecule has 1 fully saturated rings. The molecule has 23 heavy (non-hydrogen) atoms. The average molecular weight is 315 g/mol. The normalized spacial score (nSPS) is 16.9. The van der Waals surface area contributed by atoms with Crippen molar-refractivity contribution in [2.45, 2.75) is 19.5 Å². The quantitative estimate of drug-likeness (QED) is 0.914. The minimum atomic E-state index is -0.224. The first-order valence-corrected chi connectivity index (χ1v) is 7.84. The fourth-order valence-electron chi connectivity index (χ4n) is 2.57. The van der Waals surface area contributed by atoms with Crippen molar-refractivity contribution in [3.05, 3.63) is 53.4 Å². The Kier molecular flexibility index (Phi) is 5.05. The number of aromatic nitrogens is 1. The molecule has 0 aliphatic carbocycles. The largest absolute Gasteiger partial charge is 0.379 e. The number of carbonyl (C=O) groups is 1. The Morgan fingerprint density at radius 2 is 2.04 bits per heavy atom. The third kappa shape index (κ3) is 4.18. The number of hydrogen-bond acceptors (Lipinski definition) is 5. The van der Waals surface area contributed by atoms with E-state index < -0.39 is 0 Å². The summed E-state index contributed by atoms with van der Waals surface area (Å²) < 4.78 is 10.6. The molecule has 0 spiro atoms. The van der Waals surface area contributed by atoms with Crippen molar-refractivity contribution in [3.63, 3.8) is 0 Å². The second-order valence-electron chi connectivity index (χ2n) is 5.67. The molecule has 1 amide bonds. The molecular formula is C17H21N3O3. The number of carbonyl (C=O) groups excluding carboxylic acids is 1. The lowest BCUT2D eigenvalue weighted by molar-refractivity contribution is 0.0305. The lowest BCUT2D eigenvalue weighted by Crippen LogP contribution is -2.35. The molecular weight excluding hydrogens is 294 g/mol. The molecule has 3 rings (SSSR count). The number of benzene rings is 1. The van der Waals surface area contributed by atoms with Crippen LogP contribution >= 0.6 is 0 Å². The van der Waals surface area contributed by atoms with Crippen molar-refractivity contribution in [1.29, 1.82) is 0 Å². The molecule has 2 aromatic rings. The Balaban J connectivity index is 1.57. The highest BCUT2D eigenvalue weighted by atomic mass is 16.5. The first-order chi connectivity index (χ1) is 11.2. The molecule has 0 unspecified atom stereocenters. The summed E-state index contributed by atoms with van der Waals surface area (Å²) >= 11 is 0. The third-order valence-electron chi connectivity index (χ3n) is 3.92. The maximum absolute atomic E-state index is 12.3. The number of ether oxygens (including phenoxy) is 1. The minimum absolute atomic E-state index is 0.0805. The summed E-state index contributed by atoms with van der Waals surface area (Å²) in [6, 6.07) is 11.5. The number of rotatable bonds is 5. The Labute approximate surface area is 135 Å². The molecule has 1 N–H and O–H groups in total. The van der Waals surface area contributed by atoms with Gasteiger partial charge in [0.2, 0.25) is 0 Å². The van der Waals surface area contributed by atoms with E-state index in [0.717, 1.165) is 31.9 Å². The van der Waals surface area contributed by atoms with Gasteiger partial charge in [0.05, 0.1) is 25.8 Å². The minimum Gasteiger partial charge on any atom is -0.379 e.